The number of thiocarbonyl (C=S) groups is 1. The molecule has 140 heavy (non-hydrogen) atoms. The van der Waals surface area contributed by atoms with Crippen LogP contribution in [0.4, 0.5) is 0 Å². The summed E-state index contributed by atoms with van der Waals surface area (Å²) in [4.78, 5) is 95.5. The fourth-order valence-corrected chi connectivity index (χ4v) is 17.8. The van der Waals surface area contributed by atoms with Crippen LogP contribution in [0.2, 0.25) is 0 Å². The standard InChI is InChI=1S/C14H14ClNO.C14H16N2O.2C14H15NO.C13H12ClNO.C13H13NS.2C12H12ClN.C12H13NOS/c1-9-6-13(14(15)16-9)12-5-3-4-11(8-12)7-10(2)17;1-10-7-14(9-15-10)13-5-3-12(4-6-13)8-16-11(2)17;1-9-8-14(10(2)15-9)13-6-4-12(5-7-13)11(3)16;1-10-6-14(9-15-10)13-5-3-4-12(8-13)7-11(2)16;1-8-7-12(13(14)15-8)11-5-3-10(4-6-11)9(2)16;1-9-7-13(8-14-9)12-5-3-11(4-6-12)10(2)15;1-8-3-5-10(6-4-8)11-7-9(2)14-12(11)13;1-8-4-3-5-10(6-8)11-7-9(2)14-12(11)13;1-9-7-11(8-13-9)10-3-5-12(6-4-10)15(2)14/h3-5,8H,6-7H2,1-2H3;3-6,9H,7-8H2,1-2H3,(H,16,17);4-7H,8H2,1-3H3;3-5,8-9H,6-7H2,1-2H3;3-6H,7H2,1-2H3;3-6,8H,7H2,1-2H3;2*3-6H,7H2,1-2H3;3-6,8H,7H2,1-2H3. The van der Waals surface area contributed by atoms with Crippen molar-refractivity contribution in [3.63, 3.8) is 0 Å². The molecule has 0 saturated carbocycles. The minimum atomic E-state index is -0.894. The number of amides is 1. The maximum Gasteiger partial charge on any atom is 0.217 e. The summed E-state index contributed by atoms with van der Waals surface area (Å²) in [7, 11) is -0.894. The van der Waals surface area contributed by atoms with Gasteiger partial charge in [0.15, 0.2) is 11.6 Å². The van der Waals surface area contributed by atoms with Crippen molar-refractivity contribution in [2.75, 3.05) is 6.26 Å². The van der Waals surface area contributed by atoms with Crippen LogP contribution in [-0.2, 0) is 44.6 Å². The van der Waals surface area contributed by atoms with Gasteiger partial charge in [0.1, 0.15) is 32.2 Å². The molecule has 9 aromatic carbocycles. The predicted molar refractivity (Wildman–Crippen MR) is 599 cm³/mol. The van der Waals surface area contributed by atoms with E-state index in [1.807, 2.05) is 215 Å². The number of halogens is 4. The van der Waals surface area contributed by atoms with E-state index in [9.17, 15) is 28.2 Å². The lowest BCUT2D eigenvalue weighted by Crippen LogP contribution is -2.18. The van der Waals surface area contributed by atoms with Crippen LogP contribution in [0.3, 0.4) is 0 Å². The van der Waals surface area contributed by atoms with E-state index in [0.29, 0.717) is 40.0 Å². The van der Waals surface area contributed by atoms with Crippen LogP contribution >= 0.6 is 58.6 Å². The van der Waals surface area contributed by atoms with E-state index in [-0.39, 0.29) is 29.0 Å². The molecule has 0 aromatic heterocycles. The highest BCUT2D eigenvalue weighted by molar-refractivity contribution is 7.84. The Morgan fingerprint density at radius 2 is 0.621 bits per heavy atom. The van der Waals surface area contributed by atoms with Crippen molar-refractivity contribution in [1.29, 1.82) is 0 Å². The highest BCUT2D eigenvalue weighted by atomic mass is 35.5. The fraction of sp³-hybridized carbons (Fsp3) is 0.263. The van der Waals surface area contributed by atoms with Crippen LogP contribution in [0.15, 0.2) is 319 Å². The first-order valence-electron chi connectivity index (χ1n) is 46.5. The highest BCUT2D eigenvalue weighted by Crippen LogP contribution is 2.38. The van der Waals surface area contributed by atoms with Gasteiger partial charge < -0.3 is 5.32 Å². The van der Waals surface area contributed by atoms with Crippen molar-refractivity contribution in [3.05, 3.63) is 364 Å². The zero-order valence-electron chi connectivity index (χ0n) is 83.4. The SMILES string of the molecule is CC(=O)Cc1cccc(C2=C(Cl)N=C(C)C2)c1.CC(=O)Cc1cccc(C2=CN=C(C)C2)c1.CC(=O)NCc1ccc(C2=CN=C(C)C2)cc1.CC(=O)c1ccc(C2=C(C)N=C(C)C2)cc1.CC(=O)c1ccc(C2=C(Cl)N=C(C)C2)cc1.CC(=S)c1ccc(C2=CN=C(C)C2)cc1.CC1=NC(Cl)=C(c2ccc(C)cc2)C1.CC1=NC(Cl)=C(c2cccc(C)c2)C1.CC1=NC=C(c2ccc(S(C)=O)cc2)C1. The van der Waals surface area contributed by atoms with E-state index < -0.39 is 10.8 Å². The van der Waals surface area contributed by atoms with E-state index in [1.54, 1.807) is 34.0 Å². The Labute approximate surface area is 853 Å². The largest absolute Gasteiger partial charge is 0.352 e. The number of carbonyl (C=O) groups is 5. The van der Waals surface area contributed by atoms with Crippen LogP contribution in [-0.4, -0.2) is 95.8 Å². The van der Waals surface area contributed by atoms with Gasteiger partial charge >= 0.3 is 0 Å². The summed E-state index contributed by atoms with van der Waals surface area (Å²) in [5.41, 5.74) is 40.6. The molecule has 22 heteroatoms. The lowest BCUT2D eigenvalue weighted by molar-refractivity contribution is -0.119. The van der Waals surface area contributed by atoms with Gasteiger partial charge in [0.25, 0.3) is 0 Å². The second-order valence-corrected chi connectivity index (χ2v) is 39.3. The highest BCUT2D eigenvalue weighted by Gasteiger charge is 2.22. The number of hydrogen-bond acceptors (Lipinski definition) is 16. The molecule has 1 unspecified atom stereocenters. The molecule has 9 heterocycles. The lowest BCUT2D eigenvalue weighted by atomic mass is 9.99. The minimum absolute atomic E-state index is 0.00315. The number of Topliss-reactive ketones (excluding diaryl/α,β-unsaturated/α-hetero) is 4. The van der Waals surface area contributed by atoms with Gasteiger partial charge in [-0.05, 0) is 230 Å². The Kier molecular flexibility index (Phi) is 41.4. The van der Waals surface area contributed by atoms with E-state index in [4.69, 9.17) is 58.6 Å². The number of rotatable bonds is 19. The molecule has 0 saturated heterocycles. The van der Waals surface area contributed by atoms with Crippen LogP contribution in [0.1, 0.15) is 273 Å². The molecule has 0 bridgehead atoms. The van der Waals surface area contributed by atoms with E-state index >= 15 is 0 Å². The average molecular weight is 1980 g/mol. The Hall–Kier alpha value is -12.8. The van der Waals surface area contributed by atoms with Gasteiger partial charge in [0.05, 0.1) is 0 Å². The molecule has 1 atom stereocenters. The fourth-order valence-electron chi connectivity index (χ4n) is 15.9. The van der Waals surface area contributed by atoms with Gasteiger partial charge in [-0.3, -0.25) is 53.1 Å². The quantitative estimate of drug-likeness (QED) is 0.0467. The number of aliphatic imine (C=N–C) groups is 9. The number of carbonyl (C=O) groups excluding carboxylic acids is 5. The van der Waals surface area contributed by atoms with Crippen LogP contribution in [0.5, 0.6) is 0 Å². The summed E-state index contributed by atoms with van der Waals surface area (Å²) in [5, 5.41) is 5.21. The molecular weight excluding hydrogens is 1860 g/mol. The molecule has 9 aromatic rings. The smallest absolute Gasteiger partial charge is 0.217 e. The second-order valence-electron chi connectivity index (χ2n) is 35.9. The first-order chi connectivity index (χ1) is 66.7. The van der Waals surface area contributed by atoms with Crippen molar-refractivity contribution in [2.24, 2.45) is 44.9 Å². The van der Waals surface area contributed by atoms with E-state index in [0.717, 1.165) is 186 Å². The number of allylic oxidation sites excluding steroid dienone is 10. The third-order valence-corrected chi connectivity index (χ3v) is 25.7. The maximum atomic E-state index is 11.2. The minimum Gasteiger partial charge on any atom is -0.352 e. The Morgan fingerprint density at radius 3 is 0.943 bits per heavy atom. The normalized spacial score (nSPS) is 15.4. The zero-order valence-corrected chi connectivity index (χ0v) is 88.0. The van der Waals surface area contributed by atoms with Crippen molar-refractivity contribution in [3.8, 4) is 0 Å². The van der Waals surface area contributed by atoms with Crippen LogP contribution < -0.4 is 5.32 Å². The first-order valence-corrected chi connectivity index (χ1v) is 49.9. The molecular formula is C118H122Cl4N10O6S2. The van der Waals surface area contributed by atoms with Gasteiger partial charge in [0.2, 0.25) is 5.91 Å². The zero-order chi connectivity index (χ0) is 102. The molecule has 1 N–H and O–H groups in total. The summed E-state index contributed by atoms with van der Waals surface area (Å²) in [6.45, 7) is 34.7. The molecule has 0 fully saturated rings. The molecule has 16 nitrogen and oxygen atoms in total. The second kappa shape index (κ2) is 53.0. The molecule has 9 aliphatic rings. The molecule has 1 amide bonds. The van der Waals surface area contributed by atoms with Crippen LogP contribution in [0, 0.1) is 13.8 Å². The number of nitrogens with one attached hydrogen (secondary N) is 1. The van der Waals surface area contributed by atoms with Crippen molar-refractivity contribution < 1.29 is 28.2 Å². The van der Waals surface area contributed by atoms with Crippen LogP contribution in [0.25, 0.3) is 50.2 Å². The molecule has 720 valence electrons. The first kappa shape index (κ1) is 109. The maximum absolute atomic E-state index is 11.2. The van der Waals surface area contributed by atoms with Gasteiger partial charge in [-0.2, -0.15) is 0 Å². The molecule has 18 rings (SSSR count). The van der Waals surface area contributed by atoms with Gasteiger partial charge in [-0.1, -0.05) is 276 Å². The number of benzene rings is 9. The molecule has 0 aliphatic carbocycles. The Balaban J connectivity index is 0.000000162. The van der Waals surface area contributed by atoms with E-state index in [1.165, 1.54) is 90.6 Å². The Morgan fingerprint density at radius 1 is 0.314 bits per heavy atom. The summed E-state index contributed by atoms with van der Waals surface area (Å²) in [6, 6.07) is 72.6. The average Bonchev–Trinajstić information content (AvgIpc) is 1.68. The molecule has 0 spiro atoms. The molecule has 0 radical (unpaired) electrons. The van der Waals surface area contributed by atoms with Crippen molar-refractivity contribution >= 4 is 205 Å². The number of nitrogens with zero attached hydrogens (tertiary/aromatic N) is 9. The van der Waals surface area contributed by atoms with Gasteiger partial charge in [-0.15, -0.1) is 0 Å². The summed E-state index contributed by atoms with van der Waals surface area (Å²) in [6.07, 6.45) is 18.4. The third-order valence-electron chi connectivity index (χ3n) is 23.3. The molecule has 9 aliphatic heterocycles. The van der Waals surface area contributed by atoms with Gasteiger partial charge in [-0.25, -0.2) is 20.0 Å². The van der Waals surface area contributed by atoms with Crippen molar-refractivity contribution in [2.45, 2.75) is 207 Å². The number of ketones is 4. The van der Waals surface area contributed by atoms with Gasteiger partial charge in [0, 0.05) is 226 Å². The topological polar surface area (TPSA) is 226 Å². The lowest BCUT2D eigenvalue weighted by Gasteiger charge is -2.05. The summed E-state index contributed by atoms with van der Waals surface area (Å²) in [5.74, 6) is 0.546. The number of aryl methyl sites for hydroxylation is 2. The number of hydrogen-bond donors (Lipinski definition) is 1. The van der Waals surface area contributed by atoms with Crippen molar-refractivity contribution in [1.82, 2.24) is 5.32 Å². The van der Waals surface area contributed by atoms with E-state index in [2.05, 4.69) is 168 Å². The third kappa shape index (κ3) is 34.0. The Bertz CT molecular complexity index is 6660. The summed E-state index contributed by atoms with van der Waals surface area (Å²) >= 11 is 29.3. The monoisotopic (exact) mass is 1980 g/mol. The predicted octanol–water partition coefficient (Wildman–Crippen LogP) is 30.1. The summed E-state index contributed by atoms with van der Waals surface area (Å²) < 4.78 is 11.2.